The highest BCUT2D eigenvalue weighted by molar-refractivity contribution is 5.67. The zero-order chi connectivity index (χ0) is 15.7. The Kier molecular flexibility index (Phi) is 3.93. The van der Waals surface area contributed by atoms with Crippen LogP contribution in [0.3, 0.4) is 0 Å². The maximum atomic E-state index is 11.1. The molecule has 22 heavy (non-hydrogen) atoms. The minimum absolute atomic E-state index is 0.0510. The van der Waals surface area contributed by atoms with Crippen molar-refractivity contribution in [1.29, 1.82) is 0 Å². The summed E-state index contributed by atoms with van der Waals surface area (Å²) in [5, 5.41) is 27.0. The van der Waals surface area contributed by atoms with Crippen molar-refractivity contribution in [2.24, 2.45) is 5.92 Å². The number of H-pyrrole nitrogens is 2. The van der Waals surface area contributed by atoms with E-state index in [1.807, 2.05) is 13.8 Å². The maximum absolute atomic E-state index is 11.1. The topological polar surface area (TPSA) is 111 Å². The van der Waals surface area contributed by atoms with Gasteiger partial charge in [0, 0.05) is 36.8 Å². The molecular weight excluding hydrogens is 284 g/mol. The number of hydrogen-bond acceptors (Lipinski definition) is 5. The summed E-state index contributed by atoms with van der Waals surface area (Å²) in [6, 6.07) is 0. The Morgan fingerprint density at radius 3 is 2.82 bits per heavy atom. The molecule has 0 aromatic carbocycles. The predicted octanol–water partition coefficient (Wildman–Crippen LogP) is 0.835. The molecule has 118 valence electrons. The van der Waals surface area contributed by atoms with Crippen LogP contribution in [0.4, 0.5) is 0 Å². The first kappa shape index (κ1) is 14.7. The van der Waals surface area contributed by atoms with Crippen molar-refractivity contribution < 1.29 is 9.90 Å². The molecule has 2 atom stereocenters. The molecule has 1 saturated heterocycles. The van der Waals surface area contributed by atoms with E-state index in [2.05, 4.69) is 30.5 Å². The molecule has 2 aromatic heterocycles. The van der Waals surface area contributed by atoms with Crippen molar-refractivity contribution in [2.75, 3.05) is 13.1 Å². The molecule has 0 radical (unpaired) electrons. The summed E-state index contributed by atoms with van der Waals surface area (Å²) in [6.45, 7) is 6.30. The van der Waals surface area contributed by atoms with Gasteiger partial charge in [-0.15, -0.1) is 0 Å². The Bertz CT molecular complexity index is 631. The number of aliphatic carboxylic acids is 1. The Balaban J connectivity index is 1.76. The third-order valence-corrected chi connectivity index (χ3v) is 4.43. The molecule has 1 fully saturated rings. The number of aryl methyl sites for hydroxylation is 2. The fraction of sp³-hybridized carbons (Fsp3) is 0.571. The molecule has 0 amide bonds. The van der Waals surface area contributed by atoms with E-state index in [-0.39, 0.29) is 18.3 Å². The van der Waals surface area contributed by atoms with E-state index < -0.39 is 5.97 Å². The second kappa shape index (κ2) is 5.88. The van der Waals surface area contributed by atoms with Crippen molar-refractivity contribution in [3.05, 3.63) is 28.8 Å². The van der Waals surface area contributed by atoms with Crippen LogP contribution in [0.1, 0.15) is 35.0 Å². The van der Waals surface area contributed by atoms with Gasteiger partial charge in [-0.1, -0.05) is 0 Å². The van der Waals surface area contributed by atoms with Gasteiger partial charge in [0.2, 0.25) is 0 Å². The number of nitrogens with one attached hydrogen (secondary N) is 2. The summed E-state index contributed by atoms with van der Waals surface area (Å²) in [6.07, 6.45) is 1.84. The van der Waals surface area contributed by atoms with E-state index in [1.165, 1.54) is 5.56 Å². The average Bonchev–Trinajstić information content (AvgIpc) is 3.15. The van der Waals surface area contributed by atoms with Gasteiger partial charge in [0.05, 0.1) is 24.0 Å². The first-order valence-corrected chi connectivity index (χ1v) is 7.35. The van der Waals surface area contributed by atoms with Crippen molar-refractivity contribution in [3.8, 4) is 0 Å². The largest absolute Gasteiger partial charge is 0.481 e. The van der Waals surface area contributed by atoms with Gasteiger partial charge in [0.1, 0.15) is 0 Å². The summed E-state index contributed by atoms with van der Waals surface area (Å²) >= 11 is 0. The zero-order valence-corrected chi connectivity index (χ0v) is 12.7. The Morgan fingerprint density at radius 1 is 1.41 bits per heavy atom. The normalized spacial score (nSPS) is 22.3. The van der Waals surface area contributed by atoms with Crippen LogP contribution in [0.25, 0.3) is 0 Å². The molecule has 1 aliphatic heterocycles. The lowest BCUT2D eigenvalue weighted by Gasteiger charge is -2.15. The summed E-state index contributed by atoms with van der Waals surface area (Å²) in [5.41, 5.74) is 4.10. The van der Waals surface area contributed by atoms with Crippen LogP contribution in [0.2, 0.25) is 0 Å². The second-order valence-corrected chi connectivity index (χ2v) is 5.97. The molecule has 0 unspecified atom stereocenters. The number of aromatic amines is 2. The Morgan fingerprint density at radius 2 is 2.23 bits per heavy atom. The van der Waals surface area contributed by atoms with Crippen molar-refractivity contribution >= 4 is 5.97 Å². The van der Waals surface area contributed by atoms with Crippen LogP contribution in [0, 0.1) is 19.8 Å². The Hall–Kier alpha value is -2.22. The van der Waals surface area contributed by atoms with Gasteiger partial charge in [-0.05, 0) is 19.8 Å². The smallest absolute Gasteiger partial charge is 0.303 e. The van der Waals surface area contributed by atoms with E-state index in [1.54, 1.807) is 6.20 Å². The van der Waals surface area contributed by atoms with E-state index >= 15 is 0 Å². The summed E-state index contributed by atoms with van der Waals surface area (Å²) in [5.74, 6) is -0.617. The maximum Gasteiger partial charge on any atom is 0.303 e. The quantitative estimate of drug-likeness (QED) is 0.754. The summed E-state index contributed by atoms with van der Waals surface area (Å²) in [4.78, 5) is 13.4. The first-order valence-electron chi connectivity index (χ1n) is 7.35. The summed E-state index contributed by atoms with van der Waals surface area (Å²) < 4.78 is 0. The van der Waals surface area contributed by atoms with Crippen molar-refractivity contribution in [2.45, 2.75) is 32.7 Å². The number of hydrogen-bond donors (Lipinski definition) is 3. The van der Waals surface area contributed by atoms with Gasteiger partial charge in [-0.2, -0.15) is 20.5 Å². The molecule has 3 rings (SSSR count). The van der Waals surface area contributed by atoms with Gasteiger partial charge in [0.25, 0.3) is 0 Å². The minimum atomic E-state index is -0.768. The number of carboxylic acids is 1. The molecular formula is C14H20N6O2. The van der Waals surface area contributed by atoms with Crippen LogP contribution in [0.5, 0.6) is 0 Å². The number of aromatic nitrogens is 5. The molecule has 3 N–H and O–H groups in total. The number of carbonyl (C=O) groups is 1. The lowest BCUT2D eigenvalue weighted by molar-refractivity contribution is -0.138. The predicted molar refractivity (Wildman–Crippen MR) is 78.2 cm³/mol. The van der Waals surface area contributed by atoms with Crippen LogP contribution < -0.4 is 0 Å². The molecule has 0 saturated carbocycles. The highest BCUT2D eigenvalue weighted by Crippen LogP contribution is 2.34. The fourth-order valence-electron chi connectivity index (χ4n) is 3.28. The molecule has 0 spiro atoms. The number of nitrogens with zero attached hydrogens (tertiary/aromatic N) is 4. The van der Waals surface area contributed by atoms with Crippen LogP contribution in [-0.4, -0.2) is 54.7 Å². The van der Waals surface area contributed by atoms with Gasteiger partial charge in [-0.3, -0.25) is 14.8 Å². The number of carboxylic acid groups (broad SMARTS) is 1. The van der Waals surface area contributed by atoms with E-state index in [0.717, 1.165) is 36.7 Å². The van der Waals surface area contributed by atoms with Gasteiger partial charge in [-0.25, -0.2) is 0 Å². The molecule has 0 aliphatic carbocycles. The molecule has 8 nitrogen and oxygen atoms in total. The van der Waals surface area contributed by atoms with Gasteiger partial charge < -0.3 is 5.11 Å². The molecule has 1 aliphatic rings. The number of rotatable bonds is 5. The molecule has 0 bridgehead atoms. The lowest BCUT2D eigenvalue weighted by atomic mass is 9.91. The van der Waals surface area contributed by atoms with Crippen LogP contribution >= 0.6 is 0 Å². The second-order valence-electron chi connectivity index (χ2n) is 5.97. The Labute approximate surface area is 127 Å². The highest BCUT2D eigenvalue weighted by atomic mass is 16.4. The minimum Gasteiger partial charge on any atom is -0.481 e. The fourth-order valence-corrected chi connectivity index (χ4v) is 3.28. The van der Waals surface area contributed by atoms with Crippen LogP contribution in [0.15, 0.2) is 6.20 Å². The third kappa shape index (κ3) is 2.87. The number of likely N-dealkylation sites (tertiary alicyclic amines) is 1. The lowest BCUT2D eigenvalue weighted by Crippen LogP contribution is -2.21. The SMILES string of the molecule is Cc1n[nH]c(C)c1CN1C[C@H](CC(=O)O)[C@H](c2cn[nH]n2)C1. The molecule has 2 aromatic rings. The van der Waals surface area contributed by atoms with Crippen molar-refractivity contribution in [3.63, 3.8) is 0 Å². The van der Waals surface area contributed by atoms with Gasteiger partial charge >= 0.3 is 5.97 Å². The molecule has 3 heterocycles. The van der Waals surface area contributed by atoms with E-state index in [9.17, 15) is 4.79 Å². The molecule has 8 heteroatoms. The van der Waals surface area contributed by atoms with Gasteiger partial charge in [0.15, 0.2) is 0 Å². The highest BCUT2D eigenvalue weighted by Gasteiger charge is 2.36. The average molecular weight is 304 g/mol. The van der Waals surface area contributed by atoms with Crippen LogP contribution in [-0.2, 0) is 11.3 Å². The third-order valence-electron chi connectivity index (χ3n) is 4.43. The first-order chi connectivity index (χ1) is 10.5. The monoisotopic (exact) mass is 304 g/mol. The van der Waals surface area contributed by atoms with E-state index in [0.29, 0.717) is 0 Å². The standard InChI is InChI=1S/C14H20N6O2/c1-8-11(9(2)17-16-8)6-20-5-10(3-14(21)22)12(7-20)13-4-15-19-18-13/h4,10,12H,3,5-7H2,1-2H3,(H,16,17)(H,21,22)(H,15,18,19)/t10-,12+/m0/s1. The van der Waals surface area contributed by atoms with Crippen molar-refractivity contribution in [1.82, 2.24) is 30.5 Å². The summed E-state index contributed by atoms with van der Waals surface area (Å²) in [7, 11) is 0. The van der Waals surface area contributed by atoms with E-state index in [4.69, 9.17) is 5.11 Å². The zero-order valence-electron chi connectivity index (χ0n) is 12.7.